The van der Waals surface area contributed by atoms with Crippen molar-refractivity contribution in [3.05, 3.63) is 18.2 Å². The maximum Gasteiger partial charge on any atom is 0.108 e. The molecule has 3 heteroatoms. The molecule has 0 radical (unpaired) electrons. The van der Waals surface area contributed by atoms with Crippen LogP contribution in [0.1, 0.15) is 32.1 Å². The van der Waals surface area contributed by atoms with Gasteiger partial charge in [-0.25, -0.2) is 4.98 Å². The average molecular weight is 205 g/mol. The lowest BCUT2D eigenvalue weighted by molar-refractivity contribution is 0.490. The molecular weight excluding hydrogens is 186 g/mol. The van der Waals surface area contributed by atoms with Crippen LogP contribution in [-0.2, 0) is 6.42 Å². The van der Waals surface area contributed by atoms with E-state index in [0.717, 1.165) is 25.2 Å². The van der Waals surface area contributed by atoms with Crippen LogP contribution in [0.3, 0.4) is 0 Å². The topological polar surface area (TPSA) is 29.9 Å². The molecule has 0 aromatic carbocycles. The van der Waals surface area contributed by atoms with Gasteiger partial charge in [-0.05, 0) is 13.3 Å². The number of nitrogens with zero attached hydrogens (tertiary/aromatic N) is 2. The molecule has 82 valence electrons. The van der Waals surface area contributed by atoms with E-state index in [1.54, 1.807) is 0 Å². The number of imidazole rings is 1. The van der Waals surface area contributed by atoms with Crippen LogP contribution >= 0.6 is 0 Å². The van der Waals surface area contributed by atoms with Gasteiger partial charge >= 0.3 is 0 Å². The van der Waals surface area contributed by atoms with Crippen molar-refractivity contribution in [2.45, 2.75) is 32.7 Å². The Balaban J connectivity index is 2.53. The Morgan fingerprint density at radius 2 is 2.47 bits per heavy atom. The lowest BCUT2D eigenvalue weighted by Gasteiger charge is -2.16. The molecule has 1 atom stereocenters. The van der Waals surface area contributed by atoms with Gasteiger partial charge in [0.15, 0.2) is 0 Å². The van der Waals surface area contributed by atoms with Crippen LogP contribution < -0.4 is 5.32 Å². The van der Waals surface area contributed by atoms with E-state index in [1.165, 1.54) is 0 Å². The highest BCUT2D eigenvalue weighted by atomic mass is 15.1. The highest BCUT2D eigenvalue weighted by molar-refractivity contribution is 4.95. The quantitative estimate of drug-likeness (QED) is 0.565. The van der Waals surface area contributed by atoms with Gasteiger partial charge in [0.2, 0.25) is 0 Å². The Labute approximate surface area is 91.9 Å². The molecule has 1 aromatic rings. The van der Waals surface area contributed by atoms with Crippen LogP contribution in [0.4, 0.5) is 0 Å². The minimum absolute atomic E-state index is 0.405. The van der Waals surface area contributed by atoms with Crippen LogP contribution in [-0.4, -0.2) is 22.6 Å². The van der Waals surface area contributed by atoms with Crippen LogP contribution in [0.25, 0.3) is 0 Å². The summed E-state index contributed by atoms with van der Waals surface area (Å²) in [5.41, 5.74) is 0. The normalized spacial score (nSPS) is 12.3. The van der Waals surface area contributed by atoms with Gasteiger partial charge in [0.1, 0.15) is 5.82 Å². The molecule has 0 aliphatic heterocycles. The van der Waals surface area contributed by atoms with Gasteiger partial charge in [0.05, 0.1) is 6.54 Å². The zero-order valence-corrected chi connectivity index (χ0v) is 9.53. The number of aryl methyl sites for hydroxylation is 1. The summed E-state index contributed by atoms with van der Waals surface area (Å²) in [6.45, 7) is 5.85. The summed E-state index contributed by atoms with van der Waals surface area (Å²) in [7, 11) is 0. The van der Waals surface area contributed by atoms with Gasteiger partial charge in [0.25, 0.3) is 0 Å². The third-order valence-corrected chi connectivity index (χ3v) is 2.36. The van der Waals surface area contributed by atoms with Crippen LogP contribution in [0.5, 0.6) is 0 Å². The fourth-order valence-corrected chi connectivity index (χ4v) is 1.61. The van der Waals surface area contributed by atoms with Crippen molar-refractivity contribution in [1.29, 1.82) is 0 Å². The van der Waals surface area contributed by atoms with E-state index in [4.69, 9.17) is 6.42 Å². The summed E-state index contributed by atoms with van der Waals surface area (Å²) in [6, 6.07) is 0.405. The number of rotatable bonds is 6. The van der Waals surface area contributed by atoms with Crippen molar-refractivity contribution in [1.82, 2.24) is 14.9 Å². The smallest absolute Gasteiger partial charge is 0.108 e. The largest absolute Gasteiger partial charge is 0.331 e. The molecule has 0 aliphatic carbocycles. The minimum atomic E-state index is 0.405. The average Bonchev–Trinajstić information content (AvgIpc) is 2.67. The first-order chi connectivity index (χ1) is 7.29. The Morgan fingerprint density at radius 1 is 1.67 bits per heavy atom. The third-order valence-electron chi connectivity index (χ3n) is 2.36. The standard InChI is InChI=1S/C12H19N3/c1-4-6-12-14-8-9-15(12)11(3)10-13-7-5-2/h2,8-9,11,13H,4,6-7,10H2,1,3H3. The molecule has 0 saturated heterocycles. The molecule has 0 fully saturated rings. The maximum absolute atomic E-state index is 5.18. The summed E-state index contributed by atoms with van der Waals surface area (Å²) in [4.78, 5) is 4.35. The summed E-state index contributed by atoms with van der Waals surface area (Å²) < 4.78 is 2.22. The molecule has 1 unspecified atom stereocenters. The Hall–Kier alpha value is -1.27. The first-order valence-corrected chi connectivity index (χ1v) is 5.45. The fourth-order valence-electron chi connectivity index (χ4n) is 1.61. The molecule has 0 amide bonds. The number of aromatic nitrogens is 2. The van der Waals surface area contributed by atoms with Gasteiger partial charge in [-0.3, -0.25) is 0 Å². The summed E-state index contributed by atoms with van der Waals surface area (Å²) in [5, 5.41) is 3.21. The lowest BCUT2D eigenvalue weighted by atomic mass is 10.2. The molecule has 0 aliphatic rings. The van der Waals surface area contributed by atoms with Crippen molar-refractivity contribution in [3.63, 3.8) is 0 Å². The van der Waals surface area contributed by atoms with Gasteiger partial charge in [-0.1, -0.05) is 12.8 Å². The SMILES string of the molecule is C#CCNCC(C)n1ccnc1CCC. The molecular formula is C12H19N3. The van der Waals surface area contributed by atoms with E-state index in [2.05, 4.69) is 34.6 Å². The van der Waals surface area contributed by atoms with E-state index in [9.17, 15) is 0 Å². The number of terminal acetylenes is 1. The Kier molecular flexibility index (Phi) is 4.92. The fraction of sp³-hybridized carbons (Fsp3) is 0.583. The zero-order chi connectivity index (χ0) is 11.1. The third kappa shape index (κ3) is 3.41. The Morgan fingerprint density at radius 3 is 3.13 bits per heavy atom. The zero-order valence-electron chi connectivity index (χ0n) is 9.53. The van der Waals surface area contributed by atoms with Crippen molar-refractivity contribution >= 4 is 0 Å². The molecule has 1 heterocycles. The van der Waals surface area contributed by atoms with Crippen LogP contribution in [0.2, 0.25) is 0 Å². The molecule has 1 N–H and O–H groups in total. The van der Waals surface area contributed by atoms with Crippen molar-refractivity contribution < 1.29 is 0 Å². The van der Waals surface area contributed by atoms with Gasteiger partial charge in [-0.15, -0.1) is 6.42 Å². The molecule has 15 heavy (non-hydrogen) atoms. The monoisotopic (exact) mass is 205 g/mol. The molecule has 1 rings (SSSR count). The molecule has 0 saturated carbocycles. The molecule has 0 bridgehead atoms. The van der Waals surface area contributed by atoms with Crippen molar-refractivity contribution in [2.75, 3.05) is 13.1 Å². The Bertz CT molecular complexity index is 322. The second kappa shape index (κ2) is 6.26. The molecule has 3 nitrogen and oxygen atoms in total. The van der Waals surface area contributed by atoms with E-state index in [1.807, 2.05) is 12.4 Å². The first-order valence-electron chi connectivity index (χ1n) is 5.45. The predicted molar refractivity (Wildman–Crippen MR) is 62.6 cm³/mol. The van der Waals surface area contributed by atoms with Gasteiger partial charge < -0.3 is 9.88 Å². The number of hydrogen-bond acceptors (Lipinski definition) is 2. The first kappa shape index (κ1) is 11.8. The van der Waals surface area contributed by atoms with Gasteiger partial charge in [-0.2, -0.15) is 0 Å². The lowest BCUT2D eigenvalue weighted by Crippen LogP contribution is -2.24. The van der Waals surface area contributed by atoms with Gasteiger partial charge in [0, 0.05) is 31.4 Å². The number of nitrogens with one attached hydrogen (secondary N) is 1. The maximum atomic E-state index is 5.18. The summed E-state index contributed by atoms with van der Waals surface area (Å²) >= 11 is 0. The van der Waals surface area contributed by atoms with Crippen molar-refractivity contribution in [3.8, 4) is 12.3 Å². The molecule has 1 aromatic heterocycles. The van der Waals surface area contributed by atoms with Crippen LogP contribution in [0, 0.1) is 12.3 Å². The van der Waals surface area contributed by atoms with E-state index in [0.29, 0.717) is 12.6 Å². The summed E-state index contributed by atoms with van der Waals surface area (Å²) in [6.07, 6.45) is 11.2. The highest BCUT2D eigenvalue weighted by Crippen LogP contribution is 2.09. The second-order valence-corrected chi connectivity index (χ2v) is 3.68. The van der Waals surface area contributed by atoms with E-state index in [-0.39, 0.29) is 0 Å². The minimum Gasteiger partial charge on any atom is -0.331 e. The predicted octanol–water partition coefficient (Wildman–Crippen LogP) is 1.62. The number of hydrogen-bond donors (Lipinski definition) is 1. The van der Waals surface area contributed by atoms with E-state index >= 15 is 0 Å². The highest BCUT2D eigenvalue weighted by Gasteiger charge is 2.08. The van der Waals surface area contributed by atoms with Crippen LogP contribution in [0.15, 0.2) is 12.4 Å². The van der Waals surface area contributed by atoms with E-state index < -0.39 is 0 Å². The second-order valence-electron chi connectivity index (χ2n) is 3.68. The summed E-state index contributed by atoms with van der Waals surface area (Å²) in [5.74, 6) is 3.73. The van der Waals surface area contributed by atoms with Crippen molar-refractivity contribution in [2.24, 2.45) is 0 Å². The molecule has 0 spiro atoms.